The van der Waals surface area contributed by atoms with Gasteiger partial charge in [0.1, 0.15) is 0 Å². The van der Waals surface area contributed by atoms with Gasteiger partial charge < -0.3 is 5.32 Å². The summed E-state index contributed by atoms with van der Waals surface area (Å²) < 4.78 is 27.2. The number of carbonyl (C=O) groups is 1. The quantitative estimate of drug-likeness (QED) is 0.625. The Bertz CT molecular complexity index is 906. The Kier molecular flexibility index (Phi) is 7.05. The van der Waals surface area contributed by atoms with Gasteiger partial charge in [-0.1, -0.05) is 44.2 Å². The molecule has 2 aromatic carbocycles. The molecule has 1 amide bonds. The van der Waals surface area contributed by atoms with E-state index in [2.05, 4.69) is 40.9 Å². The van der Waals surface area contributed by atoms with Gasteiger partial charge in [0.15, 0.2) is 0 Å². The van der Waals surface area contributed by atoms with Crippen molar-refractivity contribution in [3.8, 4) is 0 Å². The van der Waals surface area contributed by atoms with Crippen LogP contribution in [0.3, 0.4) is 0 Å². The Morgan fingerprint density at radius 2 is 1.66 bits per heavy atom. The molecule has 0 aliphatic heterocycles. The van der Waals surface area contributed by atoms with E-state index in [0.717, 1.165) is 31.5 Å². The van der Waals surface area contributed by atoms with Crippen molar-refractivity contribution in [1.82, 2.24) is 14.9 Å². The van der Waals surface area contributed by atoms with Gasteiger partial charge in [-0.15, -0.1) is 0 Å². The standard InChI is InChI=1S/C22H29N3O3S/c1-3-25(4-2)21(17-8-6-5-7-9-17)16-23-22(26)18-10-14-20(15-11-18)29(27,28)24-19-12-13-19/h5-11,14-15,19,21,24H,3-4,12-13,16H2,1-2H3,(H,23,26). The summed E-state index contributed by atoms with van der Waals surface area (Å²) in [4.78, 5) is 15.1. The molecule has 29 heavy (non-hydrogen) atoms. The van der Waals surface area contributed by atoms with Gasteiger partial charge in [-0.05, 0) is 55.8 Å². The molecule has 2 aromatic rings. The maximum absolute atomic E-state index is 12.6. The lowest BCUT2D eigenvalue weighted by Gasteiger charge is -2.30. The van der Waals surface area contributed by atoms with E-state index < -0.39 is 10.0 Å². The van der Waals surface area contributed by atoms with Crippen LogP contribution in [0.1, 0.15) is 48.7 Å². The lowest BCUT2D eigenvalue weighted by atomic mass is 10.0. The molecular weight excluding hydrogens is 386 g/mol. The SMILES string of the molecule is CCN(CC)C(CNC(=O)c1ccc(S(=O)(=O)NC2CC2)cc1)c1ccccc1. The molecular formula is C22H29N3O3S. The molecule has 3 rings (SSSR count). The van der Waals surface area contributed by atoms with Crippen molar-refractivity contribution in [3.05, 3.63) is 65.7 Å². The number of nitrogens with zero attached hydrogens (tertiary/aromatic N) is 1. The highest BCUT2D eigenvalue weighted by atomic mass is 32.2. The minimum absolute atomic E-state index is 0.0537. The number of nitrogens with one attached hydrogen (secondary N) is 2. The molecule has 2 N–H and O–H groups in total. The van der Waals surface area contributed by atoms with E-state index in [0.29, 0.717) is 12.1 Å². The van der Waals surface area contributed by atoms with Gasteiger partial charge in [-0.2, -0.15) is 0 Å². The molecule has 1 aliphatic carbocycles. The molecule has 156 valence electrons. The fraction of sp³-hybridized carbons (Fsp3) is 0.409. The molecule has 6 nitrogen and oxygen atoms in total. The molecule has 0 radical (unpaired) electrons. The smallest absolute Gasteiger partial charge is 0.251 e. The first-order valence-electron chi connectivity index (χ1n) is 10.1. The van der Waals surface area contributed by atoms with Crippen LogP contribution in [0.15, 0.2) is 59.5 Å². The lowest BCUT2D eigenvalue weighted by Crippen LogP contribution is -2.38. The highest BCUT2D eigenvalue weighted by molar-refractivity contribution is 7.89. The minimum atomic E-state index is -3.51. The van der Waals surface area contributed by atoms with Crippen molar-refractivity contribution in [2.45, 2.75) is 43.7 Å². The van der Waals surface area contributed by atoms with Crippen LogP contribution in [-0.2, 0) is 10.0 Å². The molecule has 0 aromatic heterocycles. The average molecular weight is 416 g/mol. The molecule has 1 atom stereocenters. The fourth-order valence-electron chi connectivity index (χ4n) is 3.36. The Morgan fingerprint density at radius 1 is 1.03 bits per heavy atom. The van der Waals surface area contributed by atoms with Crippen LogP contribution >= 0.6 is 0 Å². The first-order valence-corrected chi connectivity index (χ1v) is 11.6. The second-order valence-corrected chi connectivity index (χ2v) is 8.99. The Balaban J connectivity index is 1.66. The number of hydrogen-bond acceptors (Lipinski definition) is 4. The van der Waals surface area contributed by atoms with E-state index in [9.17, 15) is 13.2 Å². The van der Waals surface area contributed by atoms with Crippen LogP contribution in [-0.4, -0.2) is 44.9 Å². The Morgan fingerprint density at radius 3 is 2.21 bits per heavy atom. The third kappa shape index (κ3) is 5.65. The number of rotatable bonds is 10. The number of benzene rings is 2. The third-order valence-corrected chi connectivity index (χ3v) is 6.76. The Labute approximate surface area is 173 Å². The van der Waals surface area contributed by atoms with E-state index in [4.69, 9.17) is 0 Å². The molecule has 7 heteroatoms. The van der Waals surface area contributed by atoms with Gasteiger partial charge in [0.25, 0.3) is 5.91 Å². The molecule has 1 fully saturated rings. The van der Waals surface area contributed by atoms with Gasteiger partial charge in [0.05, 0.1) is 10.9 Å². The van der Waals surface area contributed by atoms with Crippen molar-refractivity contribution >= 4 is 15.9 Å². The number of amides is 1. The highest BCUT2D eigenvalue weighted by Gasteiger charge is 2.28. The molecule has 0 heterocycles. The minimum Gasteiger partial charge on any atom is -0.350 e. The van der Waals surface area contributed by atoms with Crippen molar-refractivity contribution < 1.29 is 13.2 Å². The summed E-state index contributed by atoms with van der Waals surface area (Å²) in [6.07, 6.45) is 1.77. The summed E-state index contributed by atoms with van der Waals surface area (Å²) in [5, 5.41) is 3.00. The largest absolute Gasteiger partial charge is 0.350 e. The van der Waals surface area contributed by atoms with Gasteiger partial charge >= 0.3 is 0 Å². The lowest BCUT2D eigenvalue weighted by molar-refractivity contribution is 0.0935. The predicted octanol–water partition coefficient (Wildman–Crippen LogP) is 2.94. The Hall–Kier alpha value is -2.22. The molecule has 0 saturated heterocycles. The van der Waals surface area contributed by atoms with E-state index >= 15 is 0 Å². The van der Waals surface area contributed by atoms with Crippen LogP contribution in [0.4, 0.5) is 0 Å². The number of hydrogen-bond donors (Lipinski definition) is 2. The summed E-state index contributed by atoms with van der Waals surface area (Å²) in [6, 6.07) is 16.4. The average Bonchev–Trinajstić information content (AvgIpc) is 3.55. The summed E-state index contributed by atoms with van der Waals surface area (Å²) in [5.74, 6) is -0.211. The van der Waals surface area contributed by atoms with Gasteiger partial charge in [0.2, 0.25) is 10.0 Å². The van der Waals surface area contributed by atoms with Crippen LogP contribution in [0, 0.1) is 0 Å². The zero-order chi connectivity index (χ0) is 20.9. The van der Waals surface area contributed by atoms with E-state index in [1.54, 1.807) is 12.1 Å². The van der Waals surface area contributed by atoms with E-state index in [1.807, 2.05) is 18.2 Å². The highest BCUT2D eigenvalue weighted by Crippen LogP contribution is 2.22. The summed E-state index contributed by atoms with van der Waals surface area (Å²) in [5.41, 5.74) is 1.60. The number of likely N-dealkylation sites (N-methyl/N-ethyl adjacent to an activating group) is 1. The van der Waals surface area contributed by atoms with Crippen molar-refractivity contribution in [1.29, 1.82) is 0 Å². The summed E-state index contributed by atoms with van der Waals surface area (Å²) in [7, 11) is -3.51. The van der Waals surface area contributed by atoms with Crippen molar-refractivity contribution in [2.24, 2.45) is 0 Å². The van der Waals surface area contributed by atoms with Gasteiger partial charge in [0, 0.05) is 18.2 Å². The second-order valence-electron chi connectivity index (χ2n) is 7.28. The summed E-state index contributed by atoms with van der Waals surface area (Å²) >= 11 is 0. The van der Waals surface area contributed by atoms with Gasteiger partial charge in [-0.3, -0.25) is 9.69 Å². The third-order valence-electron chi connectivity index (χ3n) is 5.22. The normalized spacial score (nSPS) is 15.3. The molecule has 0 spiro atoms. The van der Waals surface area contributed by atoms with Crippen LogP contribution in [0.5, 0.6) is 0 Å². The molecule has 1 aliphatic rings. The van der Waals surface area contributed by atoms with Crippen LogP contribution < -0.4 is 10.0 Å². The monoisotopic (exact) mass is 415 g/mol. The van der Waals surface area contributed by atoms with E-state index in [-0.39, 0.29) is 22.9 Å². The van der Waals surface area contributed by atoms with Crippen molar-refractivity contribution in [2.75, 3.05) is 19.6 Å². The first kappa shape index (κ1) is 21.5. The van der Waals surface area contributed by atoms with Crippen molar-refractivity contribution in [3.63, 3.8) is 0 Å². The zero-order valence-corrected chi connectivity index (χ0v) is 17.8. The molecule has 1 unspecified atom stereocenters. The zero-order valence-electron chi connectivity index (χ0n) is 17.0. The molecule has 1 saturated carbocycles. The number of sulfonamides is 1. The fourth-order valence-corrected chi connectivity index (χ4v) is 4.67. The maximum atomic E-state index is 12.6. The molecule has 0 bridgehead atoms. The first-order chi connectivity index (χ1) is 13.9. The topological polar surface area (TPSA) is 78.5 Å². The number of carbonyl (C=O) groups excluding carboxylic acids is 1. The van der Waals surface area contributed by atoms with Gasteiger partial charge in [-0.25, -0.2) is 13.1 Å². The predicted molar refractivity (Wildman–Crippen MR) is 114 cm³/mol. The summed E-state index contributed by atoms with van der Waals surface area (Å²) in [6.45, 7) is 6.46. The second kappa shape index (κ2) is 9.52. The van der Waals surface area contributed by atoms with Crippen LogP contribution in [0.2, 0.25) is 0 Å². The van der Waals surface area contributed by atoms with E-state index in [1.165, 1.54) is 12.1 Å². The van der Waals surface area contributed by atoms with Crippen LogP contribution in [0.25, 0.3) is 0 Å². The maximum Gasteiger partial charge on any atom is 0.251 e.